The standard InChI is InChI=1S/C17H30N4O2S2.HI/c1-17(2,7-13-25(4,22)23)14-19-16(18-3)21-10-8-20(9-11-21)15-6-5-12-24-15;/h5-6,12H,7-11,13-14H2,1-4H3,(H,18,19);1H. The molecule has 0 aromatic carbocycles. The molecule has 0 aliphatic carbocycles. The van der Waals surface area contributed by atoms with E-state index in [9.17, 15) is 8.42 Å². The van der Waals surface area contributed by atoms with Crippen LogP contribution in [0.5, 0.6) is 0 Å². The van der Waals surface area contributed by atoms with Crippen LogP contribution in [0.4, 0.5) is 5.00 Å². The molecule has 26 heavy (non-hydrogen) atoms. The minimum Gasteiger partial charge on any atom is -0.360 e. The number of rotatable bonds is 6. The molecule has 1 aliphatic rings. The van der Waals surface area contributed by atoms with Gasteiger partial charge in [0.15, 0.2) is 5.96 Å². The Morgan fingerprint density at radius 3 is 2.46 bits per heavy atom. The average Bonchev–Trinajstić information content (AvgIpc) is 3.08. The van der Waals surface area contributed by atoms with Gasteiger partial charge in [0, 0.05) is 46.0 Å². The van der Waals surface area contributed by atoms with Crippen molar-refractivity contribution >= 4 is 56.1 Å². The summed E-state index contributed by atoms with van der Waals surface area (Å²) in [5.41, 5.74) is -0.0994. The Labute approximate surface area is 179 Å². The summed E-state index contributed by atoms with van der Waals surface area (Å²) in [6, 6.07) is 4.25. The number of nitrogens with zero attached hydrogens (tertiary/aromatic N) is 3. The number of sulfone groups is 1. The highest BCUT2D eigenvalue weighted by Gasteiger charge is 2.24. The van der Waals surface area contributed by atoms with E-state index in [1.807, 2.05) is 0 Å². The quantitative estimate of drug-likeness (QED) is 0.359. The van der Waals surface area contributed by atoms with Gasteiger partial charge in [0.25, 0.3) is 0 Å². The van der Waals surface area contributed by atoms with Gasteiger partial charge in [-0.1, -0.05) is 13.8 Å². The first kappa shape index (κ1) is 23.5. The first-order valence-corrected chi connectivity index (χ1v) is 11.6. The van der Waals surface area contributed by atoms with E-state index in [4.69, 9.17) is 0 Å². The summed E-state index contributed by atoms with van der Waals surface area (Å²) in [5, 5.41) is 6.87. The van der Waals surface area contributed by atoms with Gasteiger partial charge in [-0.15, -0.1) is 35.3 Å². The number of anilines is 1. The number of nitrogens with one attached hydrogen (secondary N) is 1. The maximum Gasteiger partial charge on any atom is 0.193 e. The highest BCUT2D eigenvalue weighted by molar-refractivity contribution is 14.0. The van der Waals surface area contributed by atoms with E-state index in [2.05, 4.69) is 51.5 Å². The number of hydrogen-bond donors (Lipinski definition) is 1. The predicted octanol–water partition coefficient (Wildman–Crippen LogP) is 2.52. The van der Waals surface area contributed by atoms with Crippen molar-refractivity contribution in [3.63, 3.8) is 0 Å². The van der Waals surface area contributed by atoms with Gasteiger partial charge in [0.1, 0.15) is 9.84 Å². The van der Waals surface area contributed by atoms with Crippen LogP contribution in [0.25, 0.3) is 0 Å². The molecule has 0 atom stereocenters. The molecule has 0 unspecified atom stereocenters. The SMILES string of the molecule is CN=C(NCC(C)(C)CCS(C)(=O)=O)N1CCN(c2cccs2)CC1.I. The van der Waals surface area contributed by atoms with Gasteiger partial charge < -0.3 is 15.1 Å². The van der Waals surface area contributed by atoms with Crippen molar-refractivity contribution in [3.8, 4) is 0 Å². The second-order valence-electron chi connectivity index (χ2n) is 7.37. The molecule has 2 rings (SSSR count). The van der Waals surface area contributed by atoms with E-state index in [1.54, 1.807) is 18.4 Å². The first-order chi connectivity index (χ1) is 11.7. The third-order valence-corrected chi connectivity index (χ3v) is 6.36. The van der Waals surface area contributed by atoms with Crippen LogP contribution in [0.3, 0.4) is 0 Å². The van der Waals surface area contributed by atoms with Crippen LogP contribution in [0, 0.1) is 5.41 Å². The summed E-state index contributed by atoms with van der Waals surface area (Å²) in [6.45, 7) is 8.72. The monoisotopic (exact) mass is 514 g/mol. The molecule has 1 fully saturated rings. The minimum atomic E-state index is -2.92. The molecule has 1 aromatic heterocycles. The fraction of sp³-hybridized carbons (Fsp3) is 0.706. The van der Waals surface area contributed by atoms with Gasteiger partial charge in [-0.25, -0.2) is 8.42 Å². The predicted molar refractivity (Wildman–Crippen MR) is 123 cm³/mol. The lowest BCUT2D eigenvalue weighted by molar-refractivity contribution is 0.327. The molecule has 6 nitrogen and oxygen atoms in total. The van der Waals surface area contributed by atoms with Crippen molar-refractivity contribution in [3.05, 3.63) is 17.5 Å². The summed E-state index contributed by atoms with van der Waals surface area (Å²) in [5.74, 6) is 1.12. The summed E-state index contributed by atoms with van der Waals surface area (Å²) < 4.78 is 22.8. The van der Waals surface area contributed by atoms with E-state index in [0.29, 0.717) is 13.0 Å². The van der Waals surface area contributed by atoms with Crippen LogP contribution >= 0.6 is 35.3 Å². The molecule has 1 aliphatic heterocycles. The smallest absolute Gasteiger partial charge is 0.193 e. The second kappa shape index (κ2) is 10.1. The van der Waals surface area contributed by atoms with Crippen molar-refractivity contribution < 1.29 is 8.42 Å². The van der Waals surface area contributed by atoms with E-state index in [0.717, 1.165) is 32.1 Å². The summed E-state index contributed by atoms with van der Waals surface area (Å²) in [4.78, 5) is 9.09. The third kappa shape index (κ3) is 7.59. The van der Waals surface area contributed by atoms with Crippen molar-refractivity contribution in [2.24, 2.45) is 10.4 Å². The van der Waals surface area contributed by atoms with Crippen molar-refractivity contribution in [1.29, 1.82) is 0 Å². The fourth-order valence-electron chi connectivity index (χ4n) is 2.79. The molecule has 0 saturated carbocycles. The highest BCUT2D eigenvalue weighted by atomic mass is 127. The molecule has 1 aromatic rings. The Kier molecular flexibility index (Phi) is 9.14. The van der Waals surface area contributed by atoms with Gasteiger partial charge in [-0.3, -0.25) is 4.99 Å². The lowest BCUT2D eigenvalue weighted by Gasteiger charge is -2.38. The molecule has 1 saturated heterocycles. The van der Waals surface area contributed by atoms with E-state index in [1.165, 1.54) is 11.3 Å². The fourth-order valence-corrected chi connectivity index (χ4v) is 4.50. The van der Waals surface area contributed by atoms with Gasteiger partial charge >= 0.3 is 0 Å². The number of hydrogen-bond acceptors (Lipinski definition) is 5. The Hall–Kier alpha value is -0.550. The maximum absolute atomic E-state index is 11.4. The van der Waals surface area contributed by atoms with Crippen LogP contribution in [-0.2, 0) is 9.84 Å². The molecule has 0 bridgehead atoms. The van der Waals surface area contributed by atoms with Gasteiger partial charge in [0.05, 0.1) is 10.8 Å². The lowest BCUT2D eigenvalue weighted by atomic mass is 9.90. The molecule has 9 heteroatoms. The largest absolute Gasteiger partial charge is 0.360 e. The number of aliphatic imine (C=N–C) groups is 1. The number of halogens is 1. The van der Waals surface area contributed by atoms with Gasteiger partial charge in [0.2, 0.25) is 0 Å². The Bertz CT molecular complexity index is 667. The summed E-state index contributed by atoms with van der Waals surface area (Å²) >= 11 is 1.78. The summed E-state index contributed by atoms with van der Waals surface area (Å²) in [6.07, 6.45) is 1.94. The van der Waals surface area contributed by atoms with Crippen LogP contribution in [0.2, 0.25) is 0 Å². The number of thiophene rings is 1. The van der Waals surface area contributed by atoms with Crippen LogP contribution in [-0.4, -0.2) is 71.1 Å². The molecule has 0 spiro atoms. The van der Waals surface area contributed by atoms with Crippen LogP contribution < -0.4 is 10.2 Å². The maximum atomic E-state index is 11.4. The Morgan fingerprint density at radius 1 is 1.31 bits per heavy atom. The zero-order valence-corrected chi connectivity index (χ0v) is 20.0. The third-order valence-electron chi connectivity index (χ3n) is 4.48. The van der Waals surface area contributed by atoms with Crippen LogP contribution in [0.15, 0.2) is 22.5 Å². The molecule has 0 amide bonds. The first-order valence-electron chi connectivity index (χ1n) is 8.62. The molecule has 2 heterocycles. The van der Waals surface area contributed by atoms with E-state index >= 15 is 0 Å². The Morgan fingerprint density at radius 2 is 1.96 bits per heavy atom. The van der Waals surface area contributed by atoms with E-state index < -0.39 is 9.84 Å². The Balaban J connectivity index is 0.00000338. The molecule has 1 N–H and O–H groups in total. The molecular formula is C17H31IN4O2S2. The van der Waals surface area contributed by atoms with Crippen molar-refractivity contribution in [2.45, 2.75) is 20.3 Å². The van der Waals surface area contributed by atoms with Crippen molar-refractivity contribution in [2.75, 3.05) is 56.7 Å². The average molecular weight is 514 g/mol. The van der Waals surface area contributed by atoms with Gasteiger partial charge in [-0.2, -0.15) is 0 Å². The van der Waals surface area contributed by atoms with Crippen LogP contribution in [0.1, 0.15) is 20.3 Å². The second-order valence-corrected chi connectivity index (χ2v) is 10.6. The zero-order valence-electron chi connectivity index (χ0n) is 16.1. The summed E-state index contributed by atoms with van der Waals surface area (Å²) in [7, 11) is -1.12. The minimum absolute atomic E-state index is 0. The normalized spacial score (nSPS) is 16.4. The number of guanidine groups is 1. The molecule has 150 valence electrons. The van der Waals surface area contributed by atoms with Crippen molar-refractivity contribution in [1.82, 2.24) is 10.2 Å². The zero-order chi connectivity index (χ0) is 18.5. The highest BCUT2D eigenvalue weighted by Crippen LogP contribution is 2.23. The topological polar surface area (TPSA) is 65.0 Å². The lowest BCUT2D eigenvalue weighted by Crippen LogP contribution is -2.53. The van der Waals surface area contributed by atoms with E-state index in [-0.39, 0.29) is 35.1 Å². The molecular weight excluding hydrogens is 483 g/mol. The molecule has 0 radical (unpaired) electrons. The van der Waals surface area contributed by atoms with Gasteiger partial charge in [-0.05, 0) is 29.3 Å². The number of piperazine rings is 1.